The van der Waals surface area contributed by atoms with Crippen molar-refractivity contribution in [2.45, 2.75) is 79.1 Å². The molecule has 0 N–H and O–H groups in total. The van der Waals surface area contributed by atoms with E-state index in [0.29, 0.717) is 0 Å². The summed E-state index contributed by atoms with van der Waals surface area (Å²) >= 11 is 1.46. The summed E-state index contributed by atoms with van der Waals surface area (Å²) in [5.74, 6) is 0. The molecule has 0 bridgehead atoms. The molecule has 2 aliphatic rings. The number of hydrogen-bond donors (Lipinski definition) is 0. The Labute approximate surface area is 364 Å². The van der Waals surface area contributed by atoms with Crippen LogP contribution in [-0.2, 0) is 41.5 Å². The van der Waals surface area contributed by atoms with Gasteiger partial charge >= 0.3 is 112 Å². The van der Waals surface area contributed by atoms with Gasteiger partial charge in [-0.05, 0) is 39.5 Å². The Morgan fingerprint density at radius 2 is 1.07 bits per heavy atom. The first-order valence-electron chi connectivity index (χ1n) is 19.1. The molecule has 0 heterocycles. The third-order valence-electron chi connectivity index (χ3n) is 10.1. The normalized spacial score (nSPS) is 12.2. The van der Waals surface area contributed by atoms with Crippen molar-refractivity contribution in [3.8, 4) is 33.4 Å². The second-order valence-corrected chi connectivity index (χ2v) is 17.8. The van der Waals surface area contributed by atoms with Crippen LogP contribution in [0.2, 0.25) is 0 Å². The van der Waals surface area contributed by atoms with E-state index in [2.05, 4.69) is 201 Å². The van der Waals surface area contributed by atoms with Gasteiger partial charge in [-0.15, -0.1) is 60.1 Å². The van der Waals surface area contributed by atoms with E-state index in [0.717, 1.165) is 12.8 Å². The van der Waals surface area contributed by atoms with E-state index in [9.17, 15) is 0 Å². The van der Waals surface area contributed by atoms with Crippen molar-refractivity contribution in [1.82, 2.24) is 0 Å². The second kappa shape index (κ2) is 19.5. The quantitative estimate of drug-likeness (QED) is 0.155. The first kappa shape index (κ1) is 44.8. The molecule has 0 saturated carbocycles. The number of aryl methyl sites for hydroxylation is 2. The summed E-state index contributed by atoms with van der Waals surface area (Å²) in [7, 11) is 0. The van der Waals surface area contributed by atoms with Crippen LogP contribution < -0.4 is 0 Å². The van der Waals surface area contributed by atoms with Crippen LogP contribution in [-0.4, -0.2) is 3.21 Å². The van der Waals surface area contributed by atoms with E-state index in [1.807, 2.05) is 12.2 Å². The standard InChI is InChI=1S/C33H33.C15H14.C5H5.2ClH.Zr/c1-32(2,3)30-20-26-24(18-28(30)22-13-9-7-10-14-22)17-25-19-29(23-15-11-8-12-16-23)31(21-27(25)26)33(4,5)6;1-12-3-7-14(8-4-12)11-15-9-5-13(2)6-10-15;1-2-4-5-3-1;;;/h7-16,18,20-21H,17H2,1-6H3;3-10H,1-2H3;1-3H,4H2;2*1H;/q-1;;-1;;;+2. The van der Waals surface area contributed by atoms with E-state index in [1.165, 1.54) is 105 Å². The fourth-order valence-electron chi connectivity index (χ4n) is 7.05. The SMILES string of the molecule is CC(C)(C)c1cc2c([c-]c1-c1ccccc1)Cc1cc(-c3ccccc3)c(C(C)(C)C)cc1-2.Cc1ccc([C](=[Zr+2])c2ccc(C)cc2)cc1.Cl.Cl.[C-]1=CC=CC1. The van der Waals surface area contributed by atoms with Crippen LogP contribution in [0.15, 0.2) is 146 Å². The maximum Gasteiger partial charge on any atom is -0.109 e. The summed E-state index contributed by atoms with van der Waals surface area (Å²) < 4.78 is 1.42. The molecule has 0 atom stereocenters. The average molecular weight is 853 g/mol. The summed E-state index contributed by atoms with van der Waals surface area (Å²) in [5.41, 5.74) is 18.8. The molecule has 6 aromatic rings. The van der Waals surface area contributed by atoms with Crippen LogP contribution in [0.1, 0.15) is 92.5 Å². The minimum Gasteiger partial charge on any atom is -0.273 e. The molecular formula is C53H54Cl2Zr. The minimum absolute atomic E-state index is 0. The largest absolute Gasteiger partial charge is 0.273 e. The fourth-order valence-corrected chi connectivity index (χ4v) is 7.87. The Morgan fingerprint density at radius 3 is 1.52 bits per heavy atom. The maximum absolute atomic E-state index is 3.88. The maximum atomic E-state index is 3.88. The van der Waals surface area contributed by atoms with Gasteiger partial charge in [0.25, 0.3) is 0 Å². The van der Waals surface area contributed by atoms with Crippen molar-refractivity contribution in [3.63, 3.8) is 0 Å². The number of fused-ring (bicyclic) bond motifs is 3. The molecular weight excluding hydrogens is 799 g/mol. The van der Waals surface area contributed by atoms with E-state index in [-0.39, 0.29) is 35.6 Å². The molecule has 2 aliphatic carbocycles. The van der Waals surface area contributed by atoms with Crippen LogP contribution in [0, 0.1) is 26.0 Å². The van der Waals surface area contributed by atoms with Gasteiger partial charge in [-0.1, -0.05) is 131 Å². The molecule has 56 heavy (non-hydrogen) atoms. The molecule has 3 heteroatoms. The van der Waals surface area contributed by atoms with Crippen molar-refractivity contribution in [2.24, 2.45) is 0 Å². The summed E-state index contributed by atoms with van der Waals surface area (Å²) in [6, 6.07) is 50.4. The van der Waals surface area contributed by atoms with Crippen molar-refractivity contribution in [1.29, 1.82) is 0 Å². The van der Waals surface area contributed by atoms with Gasteiger partial charge in [0.15, 0.2) is 0 Å². The summed E-state index contributed by atoms with van der Waals surface area (Å²) in [6.45, 7) is 18.1. The number of allylic oxidation sites excluding steroid dienone is 4. The molecule has 0 fully saturated rings. The third-order valence-corrected chi connectivity index (χ3v) is 11.5. The van der Waals surface area contributed by atoms with E-state index < -0.39 is 0 Å². The summed E-state index contributed by atoms with van der Waals surface area (Å²) in [6.07, 6.45) is 10.9. The van der Waals surface area contributed by atoms with Gasteiger partial charge in [0.2, 0.25) is 0 Å². The first-order chi connectivity index (χ1) is 25.8. The molecule has 0 aromatic heterocycles. The van der Waals surface area contributed by atoms with Crippen molar-refractivity contribution >= 4 is 28.0 Å². The molecule has 6 aromatic carbocycles. The predicted octanol–water partition coefficient (Wildman–Crippen LogP) is 14.6. The monoisotopic (exact) mass is 850 g/mol. The second-order valence-electron chi connectivity index (χ2n) is 16.5. The molecule has 0 nitrogen and oxygen atoms in total. The van der Waals surface area contributed by atoms with Gasteiger partial charge in [-0.2, -0.15) is 6.08 Å². The van der Waals surface area contributed by atoms with E-state index in [1.54, 1.807) is 0 Å². The zero-order valence-electron chi connectivity index (χ0n) is 34.1. The number of halogens is 2. The van der Waals surface area contributed by atoms with Gasteiger partial charge in [0.1, 0.15) is 0 Å². The van der Waals surface area contributed by atoms with Crippen LogP contribution in [0.25, 0.3) is 33.4 Å². The van der Waals surface area contributed by atoms with Crippen molar-refractivity contribution < 1.29 is 24.2 Å². The first-order valence-corrected chi connectivity index (χ1v) is 20.3. The van der Waals surface area contributed by atoms with Gasteiger partial charge in [-0.3, -0.25) is 6.08 Å². The molecule has 0 aliphatic heterocycles. The Hall–Kier alpha value is -3.87. The van der Waals surface area contributed by atoms with Gasteiger partial charge in [0, 0.05) is 0 Å². The van der Waals surface area contributed by atoms with Gasteiger partial charge < -0.3 is 0 Å². The Kier molecular flexibility index (Phi) is 15.6. The molecule has 0 amide bonds. The molecule has 0 unspecified atom stereocenters. The predicted molar refractivity (Wildman–Crippen MR) is 243 cm³/mol. The molecule has 284 valence electrons. The van der Waals surface area contributed by atoms with Gasteiger partial charge in [0.05, 0.1) is 0 Å². The van der Waals surface area contributed by atoms with Crippen molar-refractivity contribution in [3.05, 3.63) is 202 Å². The summed E-state index contributed by atoms with van der Waals surface area (Å²) in [4.78, 5) is 0. The molecule has 8 rings (SSSR count). The van der Waals surface area contributed by atoms with Crippen LogP contribution in [0.3, 0.4) is 0 Å². The third kappa shape index (κ3) is 10.9. The smallest absolute Gasteiger partial charge is 0.109 e. The minimum atomic E-state index is 0. The molecule has 0 saturated heterocycles. The Balaban J connectivity index is 0.000000252. The average Bonchev–Trinajstić information content (AvgIpc) is 3.86. The zero-order valence-corrected chi connectivity index (χ0v) is 38.2. The van der Waals surface area contributed by atoms with Crippen LogP contribution in [0.4, 0.5) is 0 Å². The van der Waals surface area contributed by atoms with Crippen LogP contribution >= 0.6 is 24.8 Å². The molecule has 0 radical (unpaired) electrons. The van der Waals surface area contributed by atoms with E-state index in [4.69, 9.17) is 0 Å². The van der Waals surface area contributed by atoms with Gasteiger partial charge in [-0.25, -0.2) is 12.2 Å². The topological polar surface area (TPSA) is 0 Å². The fraction of sp³-hybridized carbons (Fsp3) is 0.226. The number of rotatable bonds is 4. The van der Waals surface area contributed by atoms with Crippen LogP contribution in [0.5, 0.6) is 0 Å². The number of benzene rings is 6. The Morgan fingerprint density at radius 1 is 0.571 bits per heavy atom. The number of hydrogen-bond acceptors (Lipinski definition) is 0. The Bertz CT molecular complexity index is 2120. The van der Waals surface area contributed by atoms with E-state index >= 15 is 0 Å². The zero-order chi connectivity index (χ0) is 38.5. The summed E-state index contributed by atoms with van der Waals surface area (Å²) in [5, 5.41) is 0. The van der Waals surface area contributed by atoms with Crippen molar-refractivity contribution in [2.75, 3.05) is 0 Å². The molecule has 0 spiro atoms.